The lowest BCUT2D eigenvalue weighted by atomic mass is 10.0. The molecular weight excluding hydrogens is 588 g/mol. The fraction of sp³-hybridized carbons (Fsp3) is 0.292. The first-order valence-corrected chi connectivity index (χ1v) is 14.4. The Bertz CT molecular complexity index is 1700. The van der Waals surface area contributed by atoms with E-state index in [0.717, 1.165) is 18.0 Å². The molecule has 5 heterocycles. The lowest BCUT2D eigenvalue weighted by Gasteiger charge is -2.49. The highest BCUT2D eigenvalue weighted by molar-refractivity contribution is 8.00. The minimum Gasteiger partial charge on any atom is -0.477 e. The number of hydrogen-bond donors (Lipinski definition) is 4. The van der Waals surface area contributed by atoms with Crippen molar-refractivity contribution < 1.29 is 33.7 Å². The van der Waals surface area contributed by atoms with Gasteiger partial charge in [-0.1, -0.05) is 20.8 Å². The maximum atomic E-state index is 13.3. The van der Waals surface area contributed by atoms with Crippen LogP contribution in [0.5, 0.6) is 0 Å². The van der Waals surface area contributed by atoms with Crippen molar-refractivity contribution in [2.75, 3.05) is 16.8 Å². The minimum atomic E-state index is -1.27. The van der Waals surface area contributed by atoms with E-state index in [-0.39, 0.29) is 40.8 Å². The summed E-state index contributed by atoms with van der Waals surface area (Å²) < 4.78 is 7.29. The second-order valence-corrected chi connectivity index (χ2v) is 11.3. The third-order valence-electron chi connectivity index (χ3n) is 6.75. The molecule has 42 heavy (non-hydrogen) atoms. The van der Waals surface area contributed by atoms with Gasteiger partial charge in [-0.2, -0.15) is 9.36 Å². The molecule has 0 bridgehead atoms. The maximum Gasteiger partial charge on any atom is 0.352 e. The van der Waals surface area contributed by atoms with E-state index in [4.69, 9.17) is 10.6 Å². The van der Waals surface area contributed by atoms with Crippen LogP contribution in [-0.4, -0.2) is 82.2 Å². The van der Waals surface area contributed by atoms with Gasteiger partial charge in [-0.25, -0.2) is 9.36 Å². The Balaban J connectivity index is 1.23. The van der Waals surface area contributed by atoms with Gasteiger partial charge in [0.25, 0.3) is 17.6 Å². The third-order valence-corrected chi connectivity index (χ3v) is 8.63. The molecule has 0 radical (unpaired) electrons. The molecule has 5 N–H and O–H groups in total. The highest BCUT2D eigenvalue weighted by Gasteiger charge is 2.54. The van der Waals surface area contributed by atoms with Gasteiger partial charge in [0.1, 0.15) is 29.8 Å². The van der Waals surface area contributed by atoms with Crippen LogP contribution in [0.3, 0.4) is 0 Å². The zero-order valence-electron chi connectivity index (χ0n) is 21.6. The molecule has 1 saturated heterocycles. The van der Waals surface area contributed by atoms with Gasteiger partial charge in [-0.3, -0.25) is 24.6 Å². The van der Waals surface area contributed by atoms with Crippen molar-refractivity contribution in [3.8, 4) is 0 Å². The molecule has 216 valence electrons. The smallest absolute Gasteiger partial charge is 0.352 e. The number of carbonyl (C=O) groups is 4. The van der Waals surface area contributed by atoms with Gasteiger partial charge in [0, 0.05) is 28.9 Å². The second kappa shape index (κ2) is 11.2. The Hall–Kier alpha value is -4.84. The van der Waals surface area contributed by atoms with Crippen LogP contribution in [0.4, 0.5) is 10.9 Å². The Morgan fingerprint density at radius 3 is 2.95 bits per heavy atom. The van der Waals surface area contributed by atoms with Gasteiger partial charge in [0.05, 0.1) is 6.20 Å². The van der Waals surface area contributed by atoms with Gasteiger partial charge >= 0.3 is 11.6 Å². The number of oxime groups is 1. The Morgan fingerprint density at radius 1 is 1.38 bits per heavy atom. The third kappa shape index (κ3) is 4.94. The predicted molar refractivity (Wildman–Crippen MR) is 149 cm³/mol. The van der Waals surface area contributed by atoms with Crippen LogP contribution >= 0.6 is 23.3 Å². The fourth-order valence-corrected chi connectivity index (χ4v) is 6.64. The van der Waals surface area contributed by atoms with Crippen LogP contribution < -0.4 is 20.9 Å². The number of carbonyl (C=O) groups excluding carboxylic acids is 3. The van der Waals surface area contributed by atoms with Crippen molar-refractivity contribution in [1.82, 2.24) is 29.2 Å². The van der Waals surface area contributed by atoms with Crippen molar-refractivity contribution in [2.45, 2.75) is 36.9 Å². The summed E-state index contributed by atoms with van der Waals surface area (Å²) in [6.07, 6.45) is 8.69. The minimum absolute atomic E-state index is 0.0416. The molecule has 6 rings (SSSR count). The summed E-state index contributed by atoms with van der Waals surface area (Å²) in [5, 5.41) is 23.0. The number of carboxylic acids is 1. The van der Waals surface area contributed by atoms with Crippen molar-refractivity contribution in [2.24, 2.45) is 5.16 Å². The zero-order valence-corrected chi connectivity index (χ0v) is 23.2. The molecule has 0 aromatic carbocycles. The monoisotopic (exact) mass is 611 g/mol. The summed E-state index contributed by atoms with van der Waals surface area (Å²) in [4.78, 5) is 60.7. The van der Waals surface area contributed by atoms with Gasteiger partial charge < -0.3 is 21.0 Å². The number of thioether (sulfide) groups is 1. The van der Waals surface area contributed by atoms with Crippen LogP contribution in [0.25, 0.3) is 5.65 Å². The number of aliphatic carboxylic acids is 1. The summed E-state index contributed by atoms with van der Waals surface area (Å²) in [6.45, 7) is 0.124. The summed E-state index contributed by atoms with van der Waals surface area (Å²) in [5.74, 6) is -1.99. The van der Waals surface area contributed by atoms with Crippen molar-refractivity contribution >= 4 is 69.8 Å². The Kier molecular flexibility index (Phi) is 7.29. The predicted octanol–water partition coefficient (Wildman–Crippen LogP) is -0.498. The number of nitrogens with one attached hydrogen (secondary N) is 2. The van der Waals surface area contributed by atoms with Gasteiger partial charge in [-0.05, 0) is 25.0 Å². The molecule has 1 unspecified atom stereocenters. The Morgan fingerprint density at radius 2 is 2.24 bits per heavy atom. The second-order valence-electron chi connectivity index (χ2n) is 9.36. The number of aromatic nitrogens is 5. The highest BCUT2D eigenvalue weighted by atomic mass is 32.2. The van der Waals surface area contributed by atoms with E-state index in [9.17, 15) is 24.3 Å². The number of hydrogen-bond acceptors (Lipinski definition) is 12. The molecule has 3 aromatic rings. The molecule has 1 fully saturated rings. The number of rotatable bonds is 10. The van der Waals surface area contributed by atoms with Gasteiger partial charge in [0.2, 0.25) is 17.9 Å². The van der Waals surface area contributed by atoms with Crippen LogP contribution in [0.2, 0.25) is 0 Å². The summed E-state index contributed by atoms with van der Waals surface area (Å²) in [7, 11) is 0. The lowest BCUT2D eigenvalue weighted by Crippen LogP contribution is -2.71. The normalized spacial score (nSPS) is 21.7. The quantitative estimate of drug-likeness (QED) is 0.0573. The standard InChI is InChI=1S/C24H22N10O6S2/c25-24-29-19(31-42-24)16(30-40-13-4-1-2-5-13)20(36)28-17-21(37)33-18(23(38)39)12(10-41-22(17)33)8-32-9-14(26-11-35)34-15(32)6-3-7-27-34/h1,3-4,6-7,9,11,13,17,22H,2,5,8,10H2,(H4-,25,26,27,28,29,31,35,36,38,39)/p+1/b30-16-/t13?,17-,22-/m1/s1. The van der Waals surface area contributed by atoms with Crippen molar-refractivity contribution in [3.63, 3.8) is 0 Å². The maximum absolute atomic E-state index is 13.3. The molecule has 3 aromatic heterocycles. The molecule has 0 spiro atoms. The zero-order chi connectivity index (χ0) is 29.4. The molecule has 0 saturated carbocycles. The van der Waals surface area contributed by atoms with E-state index in [1.165, 1.54) is 21.2 Å². The van der Waals surface area contributed by atoms with E-state index in [0.29, 0.717) is 29.9 Å². The van der Waals surface area contributed by atoms with E-state index < -0.39 is 29.2 Å². The fourth-order valence-electron chi connectivity index (χ4n) is 4.87. The summed E-state index contributed by atoms with van der Waals surface area (Å²) >= 11 is 2.20. The molecule has 18 heteroatoms. The van der Waals surface area contributed by atoms with Crippen LogP contribution in [0.15, 0.2) is 53.1 Å². The van der Waals surface area contributed by atoms with Crippen LogP contribution in [0, 0.1) is 0 Å². The molecule has 3 atom stereocenters. The average molecular weight is 612 g/mol. The first kappa shape index (κ1) is 27.3. The van der Waals surface area contributed by atoms with Gasteiger partial charge in [-0.15, -0.1) is 11.8 Å². The van der Waals surface area contributed by atoms with Gasteiger partial charge in [0.15, 0.2) is 11.3 Å². The largest absolute Gasteiger partial charge is 0.477 e. The number of amides is 3. The number of nitrogens with two attached hydrogens (primary N) is 1. The number of anilines is 2. The average Bonchev–Trinajstić information content (AvgIpc) is 3.73. The number of β-lactam (4-membered cyclic amide) rings is 1. The topological polar surface area (TPSA) is 210 Å². The molecule has 3 amide bonds. The molecule has 2 aliphatic heterocycles. The number of imidazole rings is 1. The highest BCUT2D eigenvalue weighted by Crippen LogP contribution is 2.40. The van der Waals surface area contributed by atoms with Crippen LogP contribution in [-0.2, 0) is 30.6 Å². The molecule has 16 nitrogen and oxygen atoms in total. The SMILES string of the molecule is Nc1nc(/C(=N/OC2C=CCC2)C(=O)N[C@@H]2C(=O)N3C(C(=O)O)=C(C[n+]4cc(NC=O)n5ncccc54)CS[C@H]23)ns1. The van der Waals surface area contributed by atoms with E-state index in [1.54, 1.807) is 29.1 Å². The van der Waals surface area contributed by atoms with E-state index >= 15 is 0 Å². The number of carboxylic acid groups (broad SMARTS) is 1. The lowest BCUT2D eigenvalue weighted by molar-refractivity contribution is -0.662. The Labute approximate surface area is 245 Å². The van der Waals surface area contributed by atoms with Crippen molar-refractivity contribution in [1.29, 1.82) is 0 Å². The first-order valence-electron chi connectivity index (χ1n) is 12.6. The number of nitrogen functional groups attached to an aromatic ring is 1. The molecule has 3 aliphatic rings. The molecule has 1 aliphatic carbocycles. The summed E-state index contributed by atoms with van der Waals surface area (Å²) in [5.41, 5.74) is 6.38. The van der Waals surface area contributed by atoms with Crippen LogP contribution in [0.1, 0.15) is 18.7 Å². The van der Waals surface area contributed by atoms with Crippen molar-refractivity contribution in [3.05, 3.63) is 53.8 Å². The summed E-state index contributed by atoms with van der Waals surface area (Å²) in [6, 6.07) is 2.46. The number of allylic oxidation sites excluding steroid dienone is 1. The number of nitrogens with zero attached hydrogens (tertiary/aromatic N) is 7. The first-order chi connectivity index (χ1) is 20.4. The number of fused-ring (bicyclic) bond motifs is 2. The van der Waals surface area contributed by atoms with E-state index in [1.807, 2.05) is 12.2 Å². The molecular formula is C24H23N10O6S2+. The van der Waals surface area contributed by atoms with E-state index in [2.05, 4.69) is 30.2 Å².